The first-order valence-electron chi connectivity index (χ1n) is 5.36. The largest absolute Gasteiger partial charge is 0.465 e. The molecule has 0 saturated heterocycles. The van der Waals surface area contributed by atoms with Crippen LogP contribution in [0.1, 0.15) is 6.92 Å². The van der Waals surface area contributed by atoms with Gasteiger partial charge in [-0.3, -0.25) is 4.79 Å². The Balaban J connectivity index is 2.30. The summed E-state index contributed by atoms with van der Waals surface area (Å²) in [7, 11) is -3.71. The van der Waals surface area contributed by atoms with Crippen molar-refractivity contribution in [1.82, 2.24) is 4.31 Å². The summed E-state index contributed by atoms with van der Waals surface area (Å²) >= 11 is 0. The van der Waals surface area contributed by atoms with E-state index in [-0.39, 0.29) is 18.0 Å². The van der Waals surface area contributed by atoms with E-state index in [9.17, 15) is 13.2 Å². The van der Waals surface area contributed by atoms with Crippen molar-refractivity contribution in [3.05, 3.63) is 24.3 Å². The molecule has 0 amide bonds. The van der Waals surface area contributed by atoms with Crippen molar-refractivity contribution in [3.8, 4) is 0 Å². The standard InChI is InChI=1S/C11H12N2O4S/c1-2-17-11(14)7-13-8-12-9-5-3-4-6-10(9)18(13,15)16/h3-6,8H,2,7H2,1H3. The maximum atomic E-state index is 12.2. The molecule has 1 heterocycles. The lowest BCUT2D eigenvalue weighted by Gasteiger charge is -2.22. The average Bonchev–Trinajstić information content (AvgIpc) is 2.34. The average molecular weight is 268 g/mol. The molecule has 0 fully saturated rings. The number of rotatable bonds is 3. The van der Waals surface area contributed by atoms with E-state index in [0.717, 1.165) is 10.6 Å². The van der Waals surface area contributed by atoms with Crippen molar-refractivity contribution in [2.45, 2.75) is 11.8 Å². The highest BCUT2D eigenvalue weighted by atomic mass is 32.2. The Kier molecular flexibility index (Phi) is 3.33. The number of nitrogens with zero attached hydrogens (tertiary/aromatic N) is 2. The zero-order valence-corrected chi connectivity index (χ0v) is 10.6. The number of benzene rings is 1. The SMILES string of the molecule is CCOC(=O)CN1C=Nc2ccccc2S1(=O)=O. The van der Waals surface area contributed by atoms with Crippen molar-refractivity contribution in [1.29, 1.82) is 0 Å². The van der Waals surface area contributed by atoms with Crippen molar-refractivity contribution < 1.29 is 17.9 Å². The van der Waals surface area contributed by atoms with E-state index in [2.05, 4.69) is 4.99 Å². The Morgan fingerprint density at radius 1 is 1.39 bits per heavy atom. The van der Waals surface area contributed by atoms with Crippen LogP contribution in [0.15, 0.2) is 34.2 Å². The predicted molar refractivity (Wildman–Crippen MR) is 65.1 cm³/mol. The van der Waals surface area contributed by atoms with Crippen LogP contribution in [-0.2, 0) is 19.6 Å². The Morgan fingerprint density at radius 2 is 2.11 bits per heavy atom. The van der Waals surface area contributed by atoms with Crippen LogP contribution in [0.25, 0.3) is 0 Å². The molecule has 0 saturated carbocycles. The van der Waals surface area contributed by atoms with Gasteiger partial charge in [0.1, 0.15) is 17.8 Å². The minimum absolute atomic E-state index is 0.0943. The molecule has 0 radical (unpaired) electrons. The number of fused-ring (bicyclic) bond motifs is 1. The summed E-state index contributed by atoms with van der Waals surface area (Å²) in [5.41, 5.74) is 0.373. The molecular formula is C11H12N2O4S. The molecule has 0 bridgehead atoms. The number of para-hydroxylation sites is 1. The van der Waals surface area contributed by atoms with Gasteiger partial charge in [0.25, 0.3) is 10.0 Å². The van der Waals surface area contributed by atoms with Crippen LogP contribution in [0.5, 0.6) is 0 Å². The van der Waals surface area contributed by atoms with Gasteiger partial charge in [-0.15, -0.1) is 0 Å². The van der Waals surface area contributed by atoms with Crippen LogP contribution in [0.2, 0.25) is 0 Å². The van der Waals surface area contributed by atoms with Crippen LogP contribution in [0.4, 0.5) is 5.69 Å². The van der Waals surface area contributed by atoms with Gasteiger partial charge in [-0.25, -0.2) is 17.7 Å². The monoisotopic (exact) mass is 268 g/mol. The summed E-state index contributed by atoms with van der Waals surface area (Å²) in [5, 5.41) is 0. The molecule has 0 unspecified atom stereocenters. The molecule has 0 atom stereocenters. The van der Waals surface area contributed by atoms with Gasteiger partial charge in [0.05, 0.1) is 12.3 Å². The number of hydrogen-bond donors (Lipinski definition) is 0. The molecule has 18 heavy (non-hydrogen) atoms. The molecule has 0 N–H and O–H groups in total. The van der Waals surface area contributed by atoms with Gasteiger partial charge in [0.2, 0.25) is 0 Å². The van der Waals surface area contributed by atoms with Crippen LogP contribution in [0.3, 0.4) is 0 Å². The molecule has 1 aromatic rings. The normalized spacial score (nSPS) is 16.2. The van der Waals surface area contributed by atoms with E-state index in [1.54, 1.807) is 25.1 Å². The number of sulfonamides is 1. The van der Waals surface area contributed by atoms with Crippen LogP contribution >= 0.6 is 0 Å². The maximum Gasteiger partial charge on any atom is 0.326 e. The van der Waals surface area contributed by atoms with Crippen molar-refractivity contribution in [2.24, 2.45) is 4.99 Å². The first-order chi connectivity index (χ1) is 8.55. The van der Waals surface area contributed by atoms with Crippen LogP contribution in [-0.4, -0.2) is 38.2 Å². The number of ether oxygens (including phenoxy) is 1. The number of hydrogen-bond acceptors (Lipinski definition) is 5. The second-order valence-electron chi connectivity index (χ2n) is 3.57. The highest BCUT2D eigenvalue weighted by Gasteiger charge is 2.29. The Hall–Kier alpha value is -1.89. The summed E-state index contributed by atoms with van der Waals surface area (Å²) < 4.78 is 29.9. The van der Waals surface area contributed by atoms with E-state index in [0.29, 0.717) is 5.69 Å². The number of esters is 1. The topological polar surface area (TPSA) is 76.0 Å². The molecule has 1 aliphatic heterocycles. The van der Waals surface area contributed by atoms with Crippen molar-refractivity contribution >= 4 is 28.0 Å². The molecule has 6 nitrogen and oxygen atoms in total. The molecule has 1 aliphatic rings. The zero-order chi connectivity index (χ0) is 13.2. The van der Waals surface area contributed by atoms with E-state index in [1.165, 1.54) is 6.07 Å². The fourth-order valence-corrected chi connectivity index (χ4v) is 2.89. The number of carbonyl (C=O) groups is 1. The van der Waals surface area contributed by atoms with Crippen molar-refractivity contribution in [3.63, 3.8) is 0 Å². The quantitative estimate of drug-likeness (QED) is 0.764. The molecule has 0 aromatic heterocycles. The fourth-order valence-electron chi connectivity index (χ4n) is 1.56. The van der Waals surface area contributed by atoms with Gasteiger partial charge in [-0.2, -0.15) is 0 Å². The Bertz CT molecular complexity index is 595. The van der Waals surface area contributed by atoms with E-state index in [4.69, 9.17) is 4.74 Å². The third-order valence-corrected chi connectivity index (χ3v) is 4.11. The molecular weight excluding hydrogens is 256 g/mol. The summed E-state index contributed by atoms with van der Waals surface area (Å²) in [6.45, 7) is 1.50. The minimum Gasteiger partial charge on any atom is -0.465 e. The van der Waals surface area contributed by atoms with Crippen LogP contribution in [0, 0.1) is 0 Å². The maximum absolute atomic E-state index is 12.2. The summed E-state index contributed by atoms with van der Waals surface area (Å²) in [6.07, 6.45) is 1.13. The summed E-state index contributed by atoms with van der Waals surface area (Å²) in [6, 6.07) is 6.37. The number of carbonyl (C=O) groups excluding carboxylic acids is 1. The second kappa shape index (κ2) is 4.77. The first-order valence-corrected chi connectivity index (χ1v) is 6.80. The predicted octanol–water partition coefficient (Wildman–Crippen LogP) is 0.914. The van der Waals surface area contributed by atoms with Gasteiger partial charge < -0.3 is 4.74 Å². The van der Waals surface area contributed by atoms with Gasteiger partial charge >= 0.3 is 5.97 Å². The van der Waals surface area contributed by atoms with E-state index >= 15 is 0 Å². The van der Waals surface area contributed by atoms with Crippen molar-refractivity contribution in [2.75, 3.05) is 13.2 Å². The molecule has 7 heteroatoms. The fraction of sp³-hybridized carbons (Fsp3) is 0.273. The highest BCUT2D eigenvalue weighted by Crippen LogP contribution is 2.29. The third kappa shape index (κ3) is 2.21. The molecule has 0 spiro atoms. The third-order valence-electron chi connectivity index (χ3n) is 2.37. The Labute approximate surface area is 105 Å². The highest BCUT2D eigenvalue weighted by molar-refractivity contribution is 7.89. The van der Waals surface area contributed by atoms with Gasteiger partial charge in [0.15, 0.2) is 0 Å². The second-order valence-corrected chi connectivity index (χ2v) is 5.43. The van der Waals surface area contributed by atoms with Gasteiger partial charge in [-0.05, 0) is 19.1 Å². The lowest BCUT2D eigenvalue weighted by molar-refractivity contribution is -0.142. The molecule has 1 aromatic carbocycles. The molecule has 0 aliphatic carbocycles. The lowest BCUT2D eigenvalue weighted by atomic mass is 10.3. The lowest BCUT2D eigenvalue weighted by Crippen LogP contribution is -2.36. The smallest absolute Gasteiger partial charge is 0.326 e. The summed E-state index contributed by atoms with van der Waals surface area (Å²) in [5.74, 6) is -0.605. The zero-order valence-electron chi connectivity index (χ0n) is 9.74. The van der Waals surface area contributed by atoms with E-state index < -0.39 is 16.0 Å². The summed E-state index contributed by atoms with van der Waals surface area (Å²) in [4.78, 5) is 15.4. The molecule has 2 rings (SSSR count). The first kappa shape index (κ1) is 12.6. The minimum atomic E-state index is -3.71. The van der Waals surface area contributed by atoms with E-state index in [1.807, 2.05) is 0 Å². The van der Waals surface area contributed by atoms with Gasteiger partial charge in [0, 0.05) is 0 Å². The Morgan fingerprint density at radius 3 is 2.83 bits per heavy atom. The van der Waals surface area contributed by atoms with Gasteiger partial charge in [-0.1, -0.05) is 12.1 Å². The number of aliphatic imine (C=N–C) groups is 1. The van der Waals surface area contributed by atoms with Crippen LogP contribution < -0.4 is 0 Å². The molecule has 96 valence electrons.